The average Bonchev–Trinajstić information content (AvgIpc) is 3.01. The number of nitro benzene ring substituents is 1. The van der Waals surface area contributed by atoms with E-state index in [9.17, 15) is 10.1 Å². The molecule has 0 bridgehead atoms. The van der Waals surface area contributed by atoms with Crippen LogP contribution >= 0.6 is 0 Å². The zero-order valence-corrected chi connectivity index (χ0v) is 12.8. The van der Waals surface area contributed by atoms with Gasteiger partial charge in [-0.1, -0.05) is 12.1 Å². The molecule has 0 spiro atoms. The van der Waals surface area contributed by atoms with Crippen molar-refractivity contribution in [3.05, 3.63) is 64.0 Å². The van der Waals surface area contributed by atoms with Crippen LogP contribution in [0.15, 0.2) is 42.5 Å². The molecule has 0 fully saturated rings. The molecule has 3 rings (SSSR count). The van der Waals surface area contributed by atoms with Crippen molar-refractivity contribution in [2.75, 3.05) is 11.9 Å². The Bertz CT molecular complexity index is 893. The molecule has 0 aliphatic rings. The molecule has 7 nitrogen and oxygen atoms in total. The lowest BCUT2D eigenvalue weighted by Crippen LogP contribution is -2.06. The summed E-state index contributed by atoms with van der Waals surface area (Å²) < 4.78 is 0. The van der Waals surface area contributed by atoms with Gasteiger partial charge in [0.15, 0.2) is 0 Å². The first-order valence-corrected chi connectivity index (χ1v) is 7.53. The Balaban J connectivity index is 1.60. The summed E-state index contributed by atoms with van der Waals surface area (Å²) >= 11 is 0. The fourth-order valence-corrected chi connectivity index (χ4v) is 2.50. The highest BCUT2D eigenvalue weighted by atomic mass is 16.6. The maximum Gasteiger partial charge on any atom is 0.293 e. The Hall–Kier alpha value is -3.40. The Morgan fingerprint density at radius 2 is 2.12 bits per heavy atom. The first-order chi connectivity index (χ1) is 11.7. The Labute approximate surface area is 138 Å². The van der Waals surface area contributed by atoms with Gasteiger partial charge in [-0.15, -0.1) is 0 Å². The highest BCUT2D eigenvalue weighted by Crippen LogP contribution is 2.25. The number of aryl methyl sites for hydroxylation is 1. The maximum absolute atomic E-state index is 11.1. The zero-order chi connectivity index (χ0) is 16.9. The van der Waals surface area contributed by atoms with Crippen LogP contribution in [0.2, 0.25) is 0 Å². The van der Waals surface area contributed by atoms with E-state index in [1.807, 2.05) is 30.3 Å². The van der Waals surface area contributed by atoms with E-state index in [1.165, 1.54) is 6.07 Å². The highest BCUT2D eigenvalue weighted by molar-refractivity contribution is 5.74. The largest absolute Gasteiger partial charge is 0.379 e. The third-order valence-corrected chi connectivity index (χ3v) is 3.67. The Kier molecular flexibility index (Phi) is 4.38. The highest BCUT2D eigenvalue weighted by Gasteiger charge is 2.14. The van der Waals surface area contributed by atoms with Gasteiger partial charge in [-0.25, -0.2) is 4.98 Å². The van der Waals surface area contributed by atoms with E-state index in [0.29, 0.717) is 12.2 Å². The summed E-state index contributed by atoms with van der Waals surface area (Å²) in [5, 5.41) is 23.0. The maximum atomic E-state index is 11.1. The molecule has 0 saturated heterocycles. The van der Waals surface area contributed by atoms with Crippen LogP contribution in [-0.4, -0.2) is 21.4 Å². The predicted octanol–water partition coefficient (Wildman–Crippen LogP) is 3.39. The van der Waals surface area contributed by atoms with Crippen LogP contribution in [0.3, 0.4) is 0 Å². The van der Waals surface area contributed by atoms with Gasteiger partial charge in [0, 0.05) is 19.0 Å². The minimum Gasteiger partial charge on any atom is -0.379 e. The third-order valence-electron chi connectivity index (χ3n) is 3.67. The van der Waals surface area contributed by atoms with Gasteiger partial charge in [0.25, 0.3) is 5.69 Å². The minimum absolute atomic E-state index is 0.0854. The predicted molar refractivity (Wildman–Crippen MR) is 90.7 cm³/mol. The number of fused-ring (bicyclic) bond motifs is 1. The molecule has 0 amide bonds. The fraction of sp³-hybridized carbons (Fsp3) is 0.176. The molecule has 24 heavy (non-hydrogen) atoms. The molecule has 0 radical (unpaired) electrons. The van der Waals surface area contributed by atoms with Gasteiger partial charge < -0.3 is 10.3 Å². The summed E-state index contributed by atoms with van der Waals surface area (Å²) in [4.78, 5) is 18.4. The number of benzene rings is 2. The molecule has 0 unspecified atom stereocenters. The van der Waals surface area contributed by atoms with E-state index >= 15 is 0 Å². The van der Waals surface area contributed by atoms with Crippen LogP contribution in [0, 0.1) is 21.4 Å². The molecule has 0 atom stereocenters. The SMILES string of the molecule is N#Cc1ccc(NCCCc2nc3ccccc3[nH]2)c([N+](=O)[O-])c1. The number of hydrogen-bond donors (Lipinski definition) is 2. The number of nitrogens with zero attached hydrogens (tertiary/aromatic N) is 3. The number of nitrogens with one attached hydrogen (secondary N) is 2. The van der Waals surface area contributed by atoms with Gasteiger partial charge in [0.05, 0.1) is 27.6 Å². The van der Waals surface area contributed by atoms with E-state index in [1.54, 1.807) is 12.1 Å². The first kappa shape index (κ1) is 15.5. The molecule has 0 aliphatic heterocycles. The standard InChI is InChI=1S/C17H15N5O2/c18-11-12-7-8-15(16(10-12)22(23)24)19-9-3-6-17-20-13-4-1-2-5-14(13)21-17/h1-2,4-5,7-8,10,19H,3,6,9H2,(H,20,21). The van der Waals surface area contributed by atoms with Gasteiger partial charge >= 0.3 is 0 Å². The molecule has 7 heteroatoms. The molecule has 0 aliphatic carbocycles. The van der Waals surface area contributed by atoms with E-state index in [2.05, 4.69) is 15.3 Å². The zero-order valence-electron chi connectivity index (χ0n) is 12.8. The van der Waals surface area contributed by atoms with E-state index in [0.717, 1.165) is 29.7 Å². The molecular formula is C17H15N5O2. The van der Waals surface area contributed by atoms with Crippen molar-refractivity contribution in [3.8, 4) is 6.07 Å². The smallest absolute Gasteiger partial charge is 0.293 e. The van der Waals surface area contributed by atoms with Gasteiger partial charge in [-0.2, -0.15) is 5.26 Å². The number of H-pyrrole nitrogens is 1. The normalized spacial score (nSPS) is 10.5. The van der Waals surface area contributed by atoms with Crippen LogP contribution in [0.4, 0.5) is 11.4 Å². The molecule has 2 N–H and O–H groups in total. The second-order valence-electron chi connectivity index (χ2n) is 5.33. The van der Waals surface area contributed by atoms with Crippen molar-refractivity contribution >= 4 is 22.4 Å². The number of rotatable bonds is 6. The quantitative estimate of drug-likeness (QED) is 0.411. The lowest BCUT2D eigenvalue weighted by Gasteiger charge is -2.06. The van der Waals surface area contributed by atoms with Crippen molar-refractivity contribution in [1.29, 1.82) is 5.26 Å². The van der Waals surface area contributed by atoms with Crippen molar-refractivity contribution in [2.45, 2.75) is 12.8 Å². The lowest BCUT2D eigenvalue weighted by atomic mass is 10.2. The molecule has 3 aromatic rings. The summed E-state index contributed by atoms with van der Waals surface area (Å²) in [6, 6.07) is 14.1. The van der Waals surface area contributed by atoms with Gasteiger partial charge in [-0.3, -0.25) is 10.1 Å². The van der Waals surface area contributed by atoms with Crippen molar-refractivity contribution < 1.29 is 4.92 Å². The summed E-state index contributed by atoms with van der Waals surface area (Å²) in [6.07, 6.45) is 1.52. The summed E-state index contributed by atoms with van der Waals surface area (Å²) in [7, 11) is 0. The van der Waals surface area contributed by atoms with Crippen molar-refractivity contribution in [2.24, 2.45) is 0 Å². The van der Waals surface area contributed by atoms with E-state index in [-0.39, 0.29) is 11.3 Å². The van der Waals surface area contributed by atoms with E-state index < -0.39 is 4.92 Å². The number of para-hydroxylation sites is 2. The van der Waals surface area contributed by atoms with Gasteiger partial charge in [0.1, 0.15) is 11.5 Å². The minimum atomic E-state index is -0.484. The first-order valence-electron chi connectivity index (χ1n) is 7.53. The van der Waals surface area contributed by atoms with Crippen molar-refractivity contribution in [3.63, 3.8) is 0 Å². The summed E-state index contributed by atoms with van der Waals surface area (Å²) in [6.45, 7) is 0.573. The Morgan fingerprint density at radius 3 is 2.88 bits per heavy atom. The number of hydrogen-bond acceptors (Lipinski definition) is 5. The summed E-state index contributed by atoms with van der Waals surface area (Å²) in [5.74, 6) is 0.896. The van der Waals surface area contributed by atoms with E-state index in [4.69, 9.17) is 5.26 Å². The monoisotopic (exact) mass is 321 g/mol. The molecular weight excluding hydrogens is 306 g/mol. The number of imidazole rings is 1. The number of nitro groups is 1. The molecule has 120 valence electrons. The second-order valence-corrected chi connectivity index (χ2v) is 5.33. The van der Waals surface area contributed by atoms with Crippen LogP contribution < -0.4 is 5.32 Å². The molecule has 0 saturated carbocycles. The van der Waals surface area contributed by atoms with Crippen LogP contribution in [0.25, 0.3) is 11.0 Å². The molecule has 1 heterocycles. The van der Waals surface area contributed by atoms with Gasteiger partial charge in [-0.05, 0) is 30.7 Å². The molecule has 1 aromatic heterocycles. The third kappa shape index (κ3) is 3.33. The van der Waals surface area contributed by atoms with Gasteiger partial charge in [0.2, 0.25) is 0 Å². The topological polar surface area (TPSA) is 108 Å². The van der Waals surface area contributed by atoms with Crippen molar-refractivity contribution in [1.82, 2.24) is 9.97 Å². The number of aromatic nitrogens is 2. The summed E-state index contributed by atoms with van der Waals surface area (Å²) in [5.41, 5.74) is 2.54. The molecule has 2 aromatic carbocycles. The number of anilines is 1. The second kappa shape index (κ2) is 6.79. The van der Waals surface area contributed by atoms with Crippen LogP contribution in [-0.2, 0) is 6.42 Å². The Morgan fingerprint density at radius 1 is 1.29 bits per heavy atom. The van der Waals surface area contributed by atoms with Crippen LogP contribution in [0.1, 0.15) is 17.8 Å². The average molecular weight is 321 g/mol. The fourth-order valence-electron chi connectivity index (χ4n) is 2.50. The number of nitriles is 1. The number of aromatic amines is 1. The van der Waals surface area contributed by atoms with Crippen LogP contribution in [0.5, 0.6) is 0 Å². The lowest BCUT2D eigenvalue weighted by molar-refractivity contribution is -0.384.